The van der Waals surface area contributed by atoms with Crippen molar-refractivity contribution in [1.82, 2.24) is 5.32 Å². The molecule has 0 radical (unpaired) electrons. The Labute approximate surface area is 117 Å². The van der Waals surface area contributed by atoms with Crippen LogP contribution in [0.15, 0.2) is 0 Å². The smallest absolute Gasteiger partial charge is 0.326 e. The summed E-state index contributed by atoms with van der Waals surface area (Å²) in [6.07, 6.45) is 1.80. The third-order valence-corrected chi connectivity index (χ3v) is 2.84. The van der Waals surface area contributed by atoms with Crippen molar-refractivity contribution in [3.63, 3.8) is 0 Å². The van der Waals surface area contributed by atoms with Gasteiger partial charge in [0.25, 0.3) is 0 Å². The quantitative estimate of drug-likeness (QED) is 0.748. The molecule has 0 bridgehead atoms. The van der Waals surface area contributed by atoms with E-state index in [1.165, 1.54) is 0 Å². The van der Waals surface area contributed by atoms with Crippen molar-refractivity contribution in [2.75, 3.05) is 0 Å². The first kappa shape index (κ1) is 17.9. The second-order valence-corrected chi connectivity index (χ2v) is 7.16. The maximum absolute atomic E-state index is 11.9. The molecule has 1 unspecified atom stereocenters. The number of hydrogen-bond donors (Lipinski definition) is 2. The van der Waals surface area contributed by atoms with Gasteiger partial charge in [0.2, 0.25) is 5.91 Å². The fourth-order valence-corrected chi connectivity index (χ4v) is 2.38. The Kier molecular flexibility index (Phi) is 7.09. The average molecular weight is 271 g/mol. The lowest BCUT2D eigenvalue weighted by atomic mass is 9.84. The average Bonchev–Trinajstić information content (AvgIpc) is 2.11. The van der Waals surface area contributed by atoms with Gasteiger partial charge in [-0.1, -0.05) is 41.5 Å². The van der Waals surface area contributed by atoms with Gasteiger partial charge in [-0.05, 0) is 30.1 Å². The predicted octanol–water partition coefficient (Wildman–Crippen LogP) is 3.06. The van der Waals surface area contributed by atoms with E-state index in [-0.39, 0.29) is 23.2 Å². The molecule has 0 aliphatic carbocycles. The molecule has 0 aliphatic heterocycles. The minimum absolute atomic E-state index is 0.162. The number of nitrogens with one attached hydrogen (secondary N) is 1. The Hall–Kier alpha value is -1.06. The molecule has 0 aromatic rings. The van der Waals surface area contributed by atoms with Crippen molar-refractivity contribution in [2.24, 2.45) is 17.3 Å². The van der Waals surface area contributed by atoms with E-state index >= 15 is 0 Å². The number of amides is 1. The molecular formula is C15H29NO3. The number of aliphatic carboxylic acids is 1. The van der Waals surface area contributed by atoms with Gasteiger partial charge in [0.1, 0.15) is 6.04 Å². The topological polar surface area (TPSA) is 66.4 Å². The van der Waals surface area contributed by atoms with Gasteiger partial charge in [0.15, 0.2) is 0 Å². The van der Waals surface area contributed by atoms with E-state index in [4.69, 9.17) is 5.11 Å². The summed E-state index contributed by atoms with van der Waals surface area (Å²) in [4.78, 5) is 22.9. The van der Waals surface area contributed by atoms with E-state index in [2.05, 4.69) is 26.1 Å². The van der Waals surface area contributed by atoms with Crippen LogP contribution in [0.1, 0.15) is 60.8 Å². The fourth-order valence-electron chi connectivity index (χ4n) is 2.38. The minimum Gasteiger partial charge on any atom is -0.480 e. The molecule has 0 spiro atoms. The number of rotatable bonds is 7. The van der Waals surface area contributed by atoms with Gasteiger partial charge in [-0.2, -0.15) is 0 Å². The molecule has 2 N–H and O–H groups in total. The van der Waals surface area contributed by atoms with E-state index in [0.717, 1.165) is 6.42 Å². The van der Waals surface area contributed by atoms with Gasteiger partial charge in [-0.25, -0.2) is 4.79 Å². The molecule has 1 amide bonds. The van der Waals surface area contributed by atoms with Crippen LogP contribution < -0.4 is 5.32 Å². The first-order valence-corrected chi connectivity index (χ1v) is 7.03. The summed E-state index contributed by atoms with van der Waals surface area (Å²) >= 11 is 0. The lowest BCUT2D eigenvalue weighted by Crippen LogP contribution is -2.42. The van der Waals surface area contributed by atoms with Crippen molar-refractivity contribution >= 4 is 11.9 Å². The van der Waals surface area contributed by atoms with Crippen LogP contribution in [0.2, 0.25) is 0 Å². The molecule has 0 saturated carbocycles. The monoisotopic (exact) mass is 271 g/mol. The summed E-state index contributed by atoms with van der Waals surface area (Å²) in [5.41, 5.74) is 0.184. The third-order valence-electron chi connectivity index (χ3n) is 2.84. The maximum Gasteiger partial charge on any atom is 0.326 e. The molecule has 112 valence electrons. The lowest BCUT2D eigenvalue weighted by molar-refractivity contribution is -0.142. The number of carbonyl (C=O) groups is 2. The molecule has 0 saturated heterocycles. The molecule has 0 aliphatic rings. The summed E-state index contributed by atoms with van der Waals surface area (Å²) in [5, 5.41) is 11.7. The summed E-state index contributed by atoms with van der Waals surface area (Å²) < 4.78 is 0. The number of carbonyl (C=O) groups excluding carboxylic acids is 1. The first-order valence-electron chi connectivity index (χ1n) is 7.03. The van der Waals surface area contributed by atoms with Crippen molar-refractivity contribution < 1.29 is 14.7 Å². The largest absolute Gasteiger partial charge is 0.480 e. The second kappa shape index (κ2) is 7.51. The maximum atomic E-state index is 11.9. The van der Waals surface area contributed by atoms with E-state index in [0.29, 0.717) is 12.8 Å². The zero-order valence-corrected chi connectivity index (χ0v) is 13.1. The van der Waals surface area contributed by atoms with E-state index < -0.39 is 12.0 Å². The summed E-state index contributed by atoms with van der Waals surface area (Å²) in [5.74, 6) is -0.614. The van der Waals surface area contributed by atoms with Crippen molar-refractivity contribution in [3.8, 4) is 0 Å². The van der Waals surface area contributed by atoms with Crippen LogP contribution in [0.3, 0.4) is 0 Å². The van der Waals surface area contributed by atoms with E-state index in [1.807, 2.05) is 20.8 Å². The SMILES string of the molecule is CC(C)C[C@H](NC(=O)CC(C)CC(C)(C)C)C(=O)O. The van der Waals surface area contributed by atoms with Gasteiger partial charge < -0.3 is 10.4 Å². The third kappa shape index (κ3) is 9.51. The highest BCUT2D eigenvalue weighted by Gasteiger charge is 2.23. The molecule has 0 heterocycles. The van der Waals surface area contributed by atoms with Crippen LogP contribution >= 0.6 is 0 Å². The number of hydrogen-bond acceptors (Lipinski definition) is 2. The molecular weight excluding hydrogens is 242 g/mol. The van der Waals surface area contributed by atoms with Crippen molar-refractivity contribution in [1.29, 1.82) is 0 Å². The fraction of sp³-hybridized carbons (Fsp3) is 0.867. The van der Waals surface area contributed by atoms with Gasteiger partial charge in [-0.3, -0.25) is 4.79 Å². The van der Waals surface area contributed by atoms with Gasteiger partial charge in [0, 0.05) is 6.42 Å². The predicted molar refractivity (Wildman–Crippen MR) is 76.9 cm³/mol. The molecule has 0 aromatic carbocycles. The Balaban J connectivity index is 4.30. The Morgan fingerprint density at radius 1 is 1.16 bits per heavy atom. The molecule has 19 heavy (non-hydrogen) atoms. The Morgan fingerprint density at radius 3 is 2.05 bits per heavy atom. The van der Waals surface area contributed by atoms with E-state index in [1.54, 1.807) is 0 Å². The number of carboxylic acids is 1. The molecule has 4 nitrogen and oxygen atoms in total. The highest BCUT2D eigenvalue weighted by atomic mass is 16.4. The highest BCUT2D eigenvalue weighted by Crippen LogP contribution is 2.25. The van der Waals surface area contributed by atoms with Crippen molar-refractivity contribution in [2.45, 2.75) is 66.8 Å². The van der Waals surface area contributed by atoms with E-state index in [9.17, 15) is 9.59 Å². The molecule has 2 atom stereocenters. The van der Waals surface area contributed by atoms with Gasteiger partial charge in [0.05, 0.1) is 0 Å². The summed E-state index contributed by atoms with van der Waals surface area (Å²) in [7, 11) is 0. The lowest BCUT2D eigenvalue weighted by Gasteiger charge is -2.23. The van der Waals surface area contributed by atoms with Crippen LogP contribution in [-0.4, -0.2) is 23.0 Å². The normalized spacial score (nSPS) is 15.1. The zero-order valence-electron chi connectivity index (χ0n) is 13.1. The van der Waals surface area contributed by atoms with Crippen molar-refractivity contribution in [3.05, 3.63) is 0 Å². The summed E-state index contributed by atoms with van der Waals surface area (Å²) in [6, 6.07) is -0.769. The van der Waals surface area contributed by atoms with Crippen LogP contribution in [0.25, 0.3) is 0 Å². The zero-order chi connectivity index (χ0) is 15.2. The van der Waals surface area contributed by atoms with Crippen LogP contribution in [-0.2, 0) is 9.59 Å². The molecule has 4 heteroatoms. The van der Waals surface area contributed by atoms with Gasteiger partial charge >= 0.3 is 5.97 Å². The molecule has 0 rings (SSSR count). The van der Waals surface area contributed by atoms with Gasteiger partial charge in [-0.15, -0.1) is 0 Å². The summed E-state index contributed by atoms with van der Waals surface area (Å²) in [6.45, 7) is 12.3. The first-order chi connectivity index (χ1) is 8.51. The van der Waals surface area contributed by atoms with Crippen LogP contribution in [0, 0.1) is 17.3 Å². The molecule has 0 aromatic heterocycles. The van der Waals surface area contributed by atoms with Crippen LogP contribution in [0.4, 0.5) is 0 Å². The number of carboxylic acid groups (broad SMARTS) is 1. The Morgan fingerprint density at radius 2 is 1.68 bits per heavy atom. The minimum atomic E-state index is -0.953. The van der Waals surface area contributed by atoms with Crippen LogP contribution in [0.5, 0.6) is 0 Å². The molecule has 0 fully saturated rings. The highest BCUT2D eigenvalue weighted by molar-refractivity contribution is 5.83. The standard InChI is InChI=1S/C15H29NO3/c1-10(2)7-12(14(18)19)16-13(17)8-11(3)9-15(4,5)6/h10-12H,7-9H2,1-6H3,(H,16,17)(H,18,19)/t11?,12-/m0/s1. The second-order valence-electron chi connectivity index (χ2n) is 7.16. The Bertz CT molecular complexity index is 305.